The van der Waals surface area contributed by atoms with Gasteiger partial charge < -0.3 is 34.6 Å². The zero-order valence-electron chi connectivity index (χ0n) is 19.3. The maximum atomic E-state index is 13.1. The number of methoxy groups -OCH3 is 1. The summed E-state index contributed by atoms with van der Waals surface area (Å²) in [5.41, 5.74) is 4.04. The third-order valence-electron chi connectivity index (χ3n) is 7.80. The van der Waals surface area contributed by atoms with E-state index in [0.29, 0.717) is 12.1 Å². The van der Waals surface area contributed by atoms with E-state index in [4.69, 9.17) is 9.47 Å². The van der Waals surface area contributed by atoms with Crippen LogP contribution in [0.2, 0.25) is 0 Å². The first-order valence-corrected chi connectivity index (χ1v) is 11.8. The van der Waals surface area contributed by atoms with Crippen LogP contribution in [-0.4, -0.2) is 57.7 Å². The predicted molar refractivity (Wildman–Crippen MR) is 132 cm³/mol. The van der Waals surface area contributed by atoms with Gasteiger partial charge in [0.05, 0.1) is 28.7 Å². The maximum absolute atomic E-state index is 13.1. The maximum Gasteiger partial charge on any atom is 0.252 e. The number of aromatic nitrogens is 2. The number of nitrogens with zero attached hydrogens (tertiary/aromatic N) is 1. The molecule has 8 heteroatoms. The monoisotopic (exact) mass is 471 g/mol. The number of amides is 1. The third-order valence-corrected chi connectivity index (χ3v) is 7.80. The second-order valence-corrected chi connectivity index (χ2v) is 9.61. The zero-order chi connectivity index (χ0) is 24.1. The molecular formula is C27H25N3O5. The molecule has 0 unspecified atom stereocenters. The fourth-order valence-corrected chi connectivity index (χ4v) is 6.29. The first-order chi connectivity index (χ1) is 17.0. The molecule has 0 aliphatic carbocycles. The van der Waals surface area contributed by atoms with Gasteiger partial charge in [0.25, 0.3) is 5.91 Å². The van der Waals surface area contributed by atoms with Crippen molar-refractivity contribution in [1.29, 1.82) is 0 Å². The molecule has 35 heavy (non-hydrogen) atoms. The van der Waals surface area contributed by atoms with Crippen molar-refractivity contribution >= 4 is 49.5 Å². The Balaban J connectivity index is 1.73. The Bertz CT molecular complexity index is 1680. The number of ether oxygens (including phenoxy) is 2. The molecule has 4 heterocycles. The second kappa shape index (κ2) is 7.05. The van der Waals surface area contributed by atoms with Gasteiger partial charge in [0.15, 0.2) is 5.72 Å². The number of aromatic amines is 1. The smallest absolute Gasteiger partial charge is 0.252 e. The quantitative estimate of drug-likeness (QED) is 0.316. The van der Waals surface area contributed by atoms with Crippen molar-refractivity contribution in [2.24, 2.45) is 0 Å². The van der Waals surface area contributed by atoms with Crippen molar-refractivity contribution in [3.05, 3.63) is 59.7 Å². The molecule has 2 aliphatic heterocycles. The molecule has 1 fully saturated rings. The van der Waals surface area contributed by atoms with E-state index < -0.39 is 24.0 Å². The molecule has 178 valence electrons. The van der Waals surface area contributed by atoms with Gasteiger partial charge in [0.1, 0.15) is 18.3 Å². The summed E-state index contributed by atoms with van der Waals surface area (Å²) in [7, 11) is 1.51. The highest BCUT2D eigenvalue weighted by atomic mass is 16.6. The number of fused-ring (bicyclic) bond motifs is 10. The summed E-state index contributed by atoms with van der Waals surface area (Å²) in [6.45, 7) is 2.28. The summed E-state index contributed by atoms with van der Waals surface area (Å²) in [4.78, 5) is 16.7. The van der Waals surface area contributed by atoms with Crippen molar-refractivity contribution < 1.29 is 24.5 Å². The van der Waals surface area contributed by atoms with E-state index in [0.717, 1.165) is 49.2 Å². The SMILES string of the molecule is CO[C@@H]1[C@@H](O)[C@@H](O)CO[C@]1(C)n1c2ccccc2c2c3c(c4c5ccccc5[nH]c4c21)C(=O)NC3. The van der Waals surface area contributed by atoms with Crippen LogP contribution in [0.3, 0.4) is 0 Å². The number of carbonyl (C=O) groups excluding carboxylic acids is 1. The van der Waals surface area contributed by atoms with Crippen LogP contribution in [0.5, 0.6) is 0 Å². The molecule has 1 saturated heterocycles. The van der Waals surface area contributed by atoms with Crippen molar-refractivity contribution in [1.82, 2.24) is 14.9 Å². The summed E-state index contributed by atoms with van der Waals surface area (Å²) >= 11 is 0. The first kappa shape index (κ1) is 20.9. The van der Waals surface area contributed by atoms with Crippen molar-refractivity contribution in [3.63, 3.8) is 0 Å². The average molecular weight is 472 g/mol. The van der Waals surface area contributed by atoms with Crippen LogP contribution in [0.4, 0.5) is 0 Å². The number of aliphatic hydroxyl groups excluding tert-OH is 2. The van der Waals surface area contributed by atoms with E-state index >= 15 is 0 Å². The lowest BCUT2D eigenvalue weighted by Crippen LogP contribution is -2.60. The van der Waals surface area contributed by atoms with Crippen molar-refractivity contribution in [2.75, 3.05) is 13.7 Å². The molecule has 0 saturated carbocycles. The molecule has 0 radical (unpaired) electrons. The van der Waals surface area contributed by atoms with E-state index in [2.05, 4.69) is 14.9 Å². The summed E-state index contributed by atoms with van der Waals surface area (Å²) in [6, 6.07) is 16.0. The van der Waals surface area contributed by atoms with Gasteiger partial charge in [-0.1, -0.05) is 36.4 Å². The Morgan fingerprint density at radius 3 is 2.63 bits per heavy atom. The molecule has 4 N–H and O–H groups in total. The number of para-hydroxylation sites is 2. The normalized spacial score (nSPS) is 26.7. The van der Waals surface area contributed by atoms with Gasteiger partial charge in [-0.05, 0) is 24.6 Å². The molecule has 7 rings (SSSR count). The third kappa shape index (κ3) is 2.52. The van der Waals surface area contributed by atoms with Crippen molar-refractivity contribution in [3.8, 4) is 0 Å². The Kier molecular flexibility index (Phi) is 4.21. The average Bonchev–Trinajstić information content (AvgIpc) is 3.53. The molecular weight excluding hydrogens is 446 g/mol. The number of hydrogen-bond donors (Lipinski definition) is 4. The number of nitrogens with one attached hydrogen (secondary N) is 2. The minimum Gasteiger partial charge on any atom is -0.388 e. The van der Waals surface area contributed by atoms with Gasteiger partial charge in [-0.2, -0.15) is 0 Å². The number of aliphatic hydroxyl groups is 2. The lowest BCUT2D eigenvalue weighted by molar-refractivity contribution is -0.268. The minimum absolute atomic E-state index is 0.0354. The van der Waals surface area contributed by atoms with Gasteiger partial charge in [-0.15, -0.1) is 0 Å². The molecule has 5 aromatic rings. The standard InChI is InChI=1S/C27H25N3O5/c1-27(25(34-2)24(32)18(31)12-35-27)30-17-10-6-4-8-14(17)19-15-11-28-26(33)21(15)20-13-7-3-5-9-16(13)29-22(20)23(19)30/h3-10,18,24-25,29,31-32H,11-12H2,1-2H3,(H,28,33)/t18-,24-,25+,27-/m0/s1. The predicted octanol–water partition coefficient (Wildman–Crippen LogP) is 3.11. The van der Waals surface area contributed by atoms with Gasteiger partial charge in [-0.25, -0.2) is 0 Å². The van der Waals surface area contributed by atoms with E-state index in [1.54, 1.807) is 0 Å². The lowest BCUT2D eigenvalue weighted by atomic mass is 9.94. The zero-order valence-corrected chi connectivity index (χ0v) is 19.3. The highest BCUT2D eigenvalue weighted by Gasteiger charge is 2.50. The molecule has 1 amide bonds. The van der Waals surface area contributed by atoms with E-state index in [-0.39, 0.29) is 12.5 Å². The van der Waals surface area contributed by atoms with Crippen molar-refractivity contribution in [2.45, 2.75) is 37.5 Å². The molecule has 3 aromatic carbocycles. The highest BCUT2D eigenvalue weighted by molar-refractivity contribution is 6.30. The van der Waals surface area contributed by atoms with Gasteiger partial charge in [0, 0.05) is 40.7 Å². The first-order valence-electron chi connectivity index (χ1n) is 11.8. The fourth-order valence-electron chi connectivity index (χ4n) is 6.29. The van der Waals surface area contributed by atoms with Gasteiger partial charge in [0.2, 0.25) is 0 Å². The second-order valence-electron chi connectivity index (χ2n) is 9.61. The van der Waals surface area contributed by atoms with Crippen LogP contribution in [0.25, 0.3) is 43.6 Å². The number of H-pyrrole nitrogens is 1. The van der Waals surface area contributed by atoms with Crippen LogP contribution >= 0.6 is 0 Å². The number of hydrogen-bond acceptors (Lipinski definition) is 5. The Morgan fingerprint density at radius 1 is 1.09 bits per heavy atom. The summed E-state index contributed by atoms with van der Waals surface area (Å²) in [6.07, 6.45) is -3.02. The summed E-state index contributed by atoms with van der Waals surface area (Å²) in [5.74, 6) is -0.0816. The number of carbonyl (C=O) groups is 1. The lowest BCUT2D eigenvalue weighted by Gasteiger charge is -2.46. The Labute approximate surface area is 200 Å². The number of rotatable bonds is 2. The van der Waals surface area contributed by atoms with Crippen LogP contribution in [-0.2, 0) is 21.7 Å². The van der Waals surface area contributed by atoms with Gasteiger partial charge >= 0.3 is 0 Å². The van der Waals surface area contributed by atoms with Crippen LogP contribution in [0.15, 0.2) is 48.5 Å². The molecule has 4 atom stereocenters. The Morgan fingerprint density at radius 2 is 1.83 bits per heavy atom. The largest absolute Gasteiger partial charge is 0.388 e. The summed E-state index contributed by atoms with van der Waals surface area (Å²) in [5, 5.41) is 28.1. The minimum atomic E-state index is -1.14. The van der Waals surface area contributed by atoms with Crippen LogP contribution in [0, 0.1) is 0 Å². The van der Waals surface area contributed by atoms with E-state index in [9.17, 15) is 15.0 Å². The van der Waals surface area contributed by atoms with E-state index in [1.165, 1.54) is 7.11 Å². The van der Waals surface area contributed by atoms with Crippen LogP contribution in [0.1, 0.15) is 22.8 Å². The fraction of sp³-hybridized carbons (Fsp3) is 0.296. The molecule has 8 nitrogen and oxygen atoms in total. The van der Waals surface area contributed by atoms with Crippen LogP contribution < -0.4 is 5.32 Å². The molecule has 2 aromatic heterocycles. The molecule has 2 aliphatic rings. The van der Waals surface area contributed by atoms with Gasteiger partial charge in [-0.3, -0.25) is 4.79 Å². The molecule has 0 spiro atoms. The van der Waals surface area contributed by atoms with E-state index in [1.807, 2.05) is 55.5 Å². The topological polar surface area (TPSA) is 109 Å². The Hall–Kier alpha value is -3.43. The number of benzene rings is 3. The molecule has 0 bridgehead atoms. The highest BCUT2D eigenvalue weighted by Crippen LogP contribution is 2.47. The summed E-state index contributed by atoms with van der Waals surface area (Å²) < 4.78 is 14.1.